The van der Waals surface area contributed by atoms with Gasteiger partial charge >= 0.3 is 0 Å². The van der Waals surface area contributed by atoms with Crippen LogP contribution in [0.4, 0.5) is 0 Å². The van der Waals surface area contributed by atoms with Gasteiger partial charge in [-0.05, 0) is 60.8 Å². The van der Waals surface area contributed by atoms with E-state index < -0.39 is 0 Å². The van der Waals surface area contributed by atoms with Gasteiger partial charge in [0.15, 0.2) is 0 Å². The third kappa shape index (κ3) is 2.61. The summed E-state index contributed by atoms with van der Waals surface area (Å²) in [6, 6.07) is 6.93. The highest BCUT2D eigenvalue weighted by atomic mass is 14.9. The minimum absolute atomic E-state index is 0.947. The van der Waals surface area contributed by atoms with E-state index in [1.54, 1.807) is 16.7 Å². The number of nitrogens with one attached hydrogen (secondary N) is 1. The predicted molar refractivity (Wildman–Crippen MR) is 76.7 cm³/mol. The van der Waals surface area contributed by atoms with Crippen LogP contribution in [0.1, 0.15) is 49.3 Å². The van der Waals surface area contributed by atoms with Crippen molar-refractivity contribution in [3.63, 3.8) is 0 Å². The van der Waals surface area contributed by atoms with Crippen LogP contribution >= 0.6 is 0 Å². The quantitative estimate of drug-likeness (QED) is 0.835. The maximum absolute atomic E-state index is 3.48. The molecule has 0 bridgehead atoms. The first-order chi connectivity index (χ1) is 8.83. The number of rotatable bonds is 2. The highest BCUT2D eigenvalue weighted by Crippen LogP contribution is 2.32. The second-order valence-electron chi connectivity index (χ2n) is 6.31. The lowest BCUT2D eigenvalue weighted by Crippen LogP contribution is -2.25. The van der Waals surface area contributed by atoms with Crippen molar-refractivity contribution in [1.82, 2.24) is 5.32 Å². The fraction of sp³-hybridized carbons (Fsp3) is 0.647. The van der Waals surface area contributed by atoms with Gasteiger partial charge in [-0.1, -0.05) is 38.0 Å². The molecule has 1 aromatic rings. The Morgan fingerprint density at radius 1 is 1.17 bits per heavy atom. The lowest BCUT2D eigenvalue weighted by molar-refractivity contribution is 0.288. The van der Waals surface area contributed by atoms with E-state index in [1.807, 2.05) is 0 Å². The zero-order valence-electron chi connectivity index (χ0n) is 11.5. The van der Waals surface area contributed by atoms with Crippen LogP contribution in [0, 0.1) is 11.8 Å². The first-order valence-electron chi connectivity index (χ1n) is 7.63. The number of hydrogen-bond donors (Lipinski definition) is 1. The lowest BCUT2D eigenvalue weighted by atomic mass is 9.79. The molecule has 0 spiro atoms. The molecule has 1 heterocycles. The second-order valence-corrected chi connectivity index (χ2v) is 6.31. The number of fused-ring (bicyclic) bond motifs is 1. The van der Waals surface area contributed by atoms with Gasteiger partial charge in [0.1, 0.15) is 0 Å². The maximum Gasteiger partial charge on any atom is 0.0208 e. The fourth-order valence-corrected chi connectivity index (χ4v) is 3.65. The van der Waals surface area contributed by atoms with Crippen molar-refractivity contribution >= 4 is 0 Å². The number of hydrogen-bond acceptors (Lipinski definition) is 1. The van der Waals surface area contributed by atoms with Crippen molar-refractivity contribution in [2.45, 2.75) is 52.0 Å². The second kappa shape index (κ2) is 5.44. The Hall–Kier alpha value is -0.820. The molecule has 1 saturated carbocycles. The average Bonchev–Trinajstić information content (AvgIpc) is 2.42. The molecule has 1 aliphatic heterocycles. The molecule has 3 rings (SSSR count). The van der Waals surface area contributed by atoms with E-state index in [0.29, 0.717) is 0 Å². The van der Waals surface area contributed by atoms with Crippen LogP contribution in [0.3, 0.4) is 0 Å². The average molecular weight is 243 g/mol. The van der Waals surface area contributed by atoms with Gasteiger partial charge in [-0.2, -0.15) is 0 Å². The van der Waals surface area contributed by atoms with Gasteiger partial charge in [-0.25, -0.2) is 0 Å². The first kappa shape index (κ1) is 12.2. The van der Waals surface area contributed by atoms with Crippen LogP contribution < -0.4 is 5.32 Å². The zero-order valence-corrected chi connectivity index (χ0v) is 11.5. The summed E-state index contributed by atoms with van der Waals surface area (Å²) < 4.78 is 0. The molecule has 1 nitrogen and oxygen atoms in total. The van der Waals surface area contributed by atoms with Crippen LogP contribution in [-0.4, -0.2) is 6.54 Å². The lowest BCUT2D eigenvalue weighted by Gasteiger charge is -2.28. The molecule has 0 saturated heterocycles. The van der Waals surface area contributed by atoms with Crippen molar-refractivity contribution in [3.05, 3.63) is 34.9 Å². The molecule has 1 heteroatoms. The largest absolute Gasteiger partial charge is 0.312 e. The van der Waals surface area contributed by atoms with Crippen molar-refractivity contribution in [1.29, 1.82) is 0 Å². The molecule has 0 atom stereocenters. The molecular formula is C17H25N. The van der Waals surface area contributed by atoms with Gasteiger partial charge in [0.25, 0.3) is 0 Å². The topological polar surface area (TPSA) is 12.0 Å². The fourth-order valence-electron chi connectivity index (χ4n) is 3.65. The highest BCUT2D eigenvalue weighted by Gasteiger charge is 2.20. The van der Waals surface area contributed by atoms with E-state index in [9.17, 15) is 0 Å². The standard InChI is InChI=1S/C17H25N/c1-13-5-7-14(8-6-13)11-15-3-2-4-16-12-18-10-9-17(15)16/h2-4,13-14,18H,5-12H2,1H3. The highest BCUT2D eigenvalue weighted by molar-refractivity contribution is 5.37. The Morgan fingerprint density at radius 2 is 2.00 bits per heavy atom. The molecule has 18 heavy (non-hydrogen) atoms. The van der Waals surface area contributed by atoms with Gasteiger partial charge in [0.05, 0.1) is 0 Å². The summed E-state index contributed by atoms with van der Waals surface area (Å²) in [7, 11) is 0. The molecule has 0 radical (unpaired) electrons. The Bertz CT molecular complexity index is 402. The maximum atomic E-state index is 3.48. The SMILES string of the molecule is CC1CCC(Cc2cccc3c2CCNC3)CC1. The smallest absolute Gasteiger partial charge is 0.0208 e. The molecule has 1 aromatic carbocycles. The Kier molecular flexibility index (Phi) is 3.69. The molecule has 98 valence electrons. The Morgan fingerprint density at radius 3 is 2.83 bits per heavy atom. The Labute approximate surface area is 111 Å². The minimum Gasteiger partial charge on any atom is -0.312 e. The van der Waals surface area contributed by atoms with Crippen molar-refractivity contribution in [2.75, 3.05) is 6.54 Å². The predicted octanol–water partition coefficient (Wildman–Crippen LogP) is 3.70. The van der Waals surface area contributed by atoms with E-state index in [0.717, 1.165) is 24.9 Å². The van der Waals surface area contributed by atoms with Crippen LogP contribution in [0.5, 0.6) is 0 Å². The van der Waals surface area contributed by atoms with Crippen molar-refractivity contribution < 1.29 is 0 Å². The van der Waals surface area contributed by atoms with Crippen LogP contribution in [-0.2, 0) is 19.4 Å². The monoisotopic (exact) mass is 243 g/mol. The zero-order chi connectivity index (χ0) is 12.4. The van der Waals surface area contributed by atoms with E-state index >= 15 is 0 Å². The molecular weight excluding hydrogens is 218 g/mol. The van der Waals surface area contributed by atoms with E-state index in [-0.39, 0.29) is 0 Å². The van der Waals surface area contributed by atoms with Crippen LogP contribution in [0.15, 0.2) is 18.2 Å². The molecule has 0 aromatic heterocycles. The van der Waals surface area contributed by atoms with E-state index in [2.05, 4.69) is 30.4 Å². The van der Waals surface area contributed by atoms with Crippen LogP contribution in [0.25, 0.3) is 0 Å². The summed E-state index contributed by atoms with van der Waals surface area (Å²) in [5.41, 5.74) is 4.85. The third-order valence-electron chi connectivity index (χ3n) is 4.88. The van der Waals surface area contributed by atoms with Gasteiger partial charge in [-0.3, -0.25) is 0 Å². The molecule has 0 unspecified atom stereocenters. The summed E-state index contributed by atoms with van der Waals surface area (Å²) in [4.78, 5) is 0. The third-order valence-corrected chi connectivity index (χ3v) is 4.88. The number of benzene rings is 1. The normalized spacial score (nSPS) is 27.8. The molecule has 1 fully saturated rings. The molecule has 0 amide bonds. The van der Waals surface area contributed by atoms with E-state index in [4.69, 9.17) is 0 Å². The van der Waals surface area contributed by atoms with Gasteiger partial charge in [0, 0.05) is 6.54 Å². The van der Waals surface area contributed by atoms with Crippen LogP contribution in [0.2, 0.25) is 0 Å². The van der Waals surface area contributed by atoms with Gasteiger partial charge in [0.2, 0.25) is 0 Å². The summed E-state index contributed by atoms with van der Waals surface area (Å²) in [6.07, 6.45) is 8.35. The first-order valence-corrected chi connectivity index (χ1v) is 7.63. The van der Waals surface area contributed by atoms with Gasteiger partial charge < -0.3 is 5.32 Å². The Balaban J connectivity index is 1.72. The minimum atomic E-state index is 0.947. The van der Waals surface area contributed by atoms with E-state index in [1.165, 1.54) is 38.5 Å². The summed E-state index contributed by atoms with van der Waals surface area (Å²) >= 11 is 0. The summed E-state index contributed by atoms with van der Waals surface area (Å²) in [6.45, 7) is 4.64. The summed E-state index contributed by atoms with van der Waals surface area (Å²) in [5, 5.41) is 3.48. The molecule has 2 aliphatic rings. The van der Waals surface area contributed by atoms with Crippen molar-refractivity contribution in [2.24, 2.45) is 11.8 Å². The molecule has 1 aliphatic carbocycles. The van der Waals surface area contributed by atoms with Crippen molar-refractivity contribution in [3.8, 4) is 0 Å². The summed E-state index contributed by atoms with van der Waals surface area (Å²) in [5.74, 6) is 1.91. The van der Waals surface area contributed by atoms with Gasteiger partial charge in [-0.15, -0.1) is 0 Å². The molecule has 1 N–H and O–H groups in total.